The van der Waals surface area contributed by atoms with E-state index in [0.29, 0.717) is 6.54 Å². The van der Waals surface area contributed by atoms with Gasteiger partial charge in [-0.25, -0.2) is 4.39 Å². The van der Waals surface area contributed by atoms with E-state index in [1.54, 1.807) is 6.07 Å². The summed E-state index contributed by atoms with van der Waals surface area (Å²) in [6.45, 7) is 3.40. The molecule has 0 heterocycles. The van der Waals surface area contributed by atoms with Crippen LogP contribution < -0.4 is 5.73 Å². The standard InChI is InChI=1S/C11H16ClFN2/c1-8(14)6-15(2)7-9-3-4-10(12)11(13)5-9/h3-5,8H,6-7,14H2,1-2H3. The third kappa shape index (κ3) is 4.16. The second-order valence-electron chi connectivity index (χ2n) is 3.92. The van der Waals surface area contributed by atoms with Crippen LogP contribution in [-0.2, 0) is 6.54 Å². The summed E-state index contributed by atoms with van der Waals surface area (Å²) < 4.78 is 13.1. The van der Waals surface area contributed by atoms with Crippen LogP contribution >= 0.6 is 11.6 Å². The zero-order chi connectivity index (χ0) is 11.4. The van der Waals surface area contributed by atoms with Gasteiger partial charge in [0.05, 0.1) is 5.02 Å². The minimum absolute atomic E-state index is 0.118. The molecule has 2 nitrogen and oxygen atoms in total. The second kappa shape index (κ2) is 5.45. The largest absolute Gasteiger partial charge is 0.327 e. The lowest BCUT2D eigenvalue weighted by molar-refractivity contribution is 0.309. The molecule has 1 rings (SSSR count). The molecule has 2 N–H and O–H groups in total. The van der Waals surface area contributed by atoms with Gasteiger partial charge in [-0.2, -0.15) is 0 Å². The van der Waals surface area contributed by atoms with Crippen LogP contribution in [0.1, 0.15) is 12.5 Å². The van der Waals surface area contributed by atoms with E-state index in [1.165, 1.54) is 6.07 Å². The topological polar surface area (TPSA) is 29.3 Å². The highest BCUT2D eigenvalue weighted by Gasteiger charge is 2.05. The Balaban J connectivity index is 2.60. The molecule has 0 fully saturated rings. The lowest BCUT2D eigenvalue weighted by Gasteiger charge is -2.18. The number of rotatable bonds is 4. The Morgan fingerprint density at radius 3 is 2.73 bits per heavy atom. The summed E-state index contributed by atoms with van der Waals surface area (Å²) >= 11 is 5.59. The van der Waals surface area contributed by atoms with E-state index < -0.39 is 0 Å². The summed E-state index contributed by atoms with van der Waals surface area (Å²) in [5, 5.41) is 0.161. The van der Waals surface area contributed by atoms with E-state index in [4.69, 9.17) is 17.3 Å². The average Bonchev–Trinajstić information content (AvgIpc) is 2.10. The summed E-state index contributed by atoms with van der Waals surface area (Å²) in [6.07, 6.45) is 0. The van der Waals surface area contributed by atoms with Gasteiger partial charge >= 0.3 is 0 Å². The van der Waals surface area contributed by atoms with Crippen molar-refractivity contribution in [3.8, 4) is 0 Å². The molecule has 0 aliphatic heterocycles. The molecule has 84 valence electrons. The molecule has 1 aromatic rings. The van der Waals surface area contributed by atoms with Crippen molar-refractivity contribution in [2.45, 2.75) is 19.5 Å². The monoisotopic (exact) mass is 230 g/mol. The molecule has 0 saturated carbocycles. The van der Waals surface area contributed by atoms with Gasteiger partial charge in [-0.15, -0.1) is 0 Å². The van der Waals surface area contributed by atoms with E-state index in [0.717, 1.165) is 12.1 Å². The van der Waals surface area contributed by atoms with Crippen molar-refractivity contribution in [1.29, 1.82) is 0 Å². The predicted octanol–water partition coefficient (Wildman–Crippen LogP) is 2.26. The number of halogens is 2. The maximum atomic E-state index is 13.1. The van der Waals surface area contributed by atoms with Crippen molar-refractivity contribution in [3.63, 3.8) is 0 Å². The zero-order valence-corrected chi connectivity index (χ0v) is 9.76. The van der Waals surface area contributed by atoms with Crippen molar-refractivity contribution >= 4 is 11.6 Å². The molecule has 0 bridgehead atoms. The number of likely N-dealkylation sites (N-methyl/N-ethyl adjacent to an activating group) is 1. The molecule has 4 heteroatoms. The number of hydrogen-bond acceptors (Lipinski definition) is 2. The van der Waals surface area contributed by atoms with Gasteiger partial charge in [0, 0.05) is 19.1 Å². The summed E-state index contributed by atoms with van der Waals surface area (Å²) in [6, 6.07) is 4.97. The molecular formula is C11H16ClFN2. The first-order valence-electron chi connectivity index (χ1n) is 4.87. The fourth-order valence-electron chi connectivity index (χ4n) is 1.51. The van der Waals surface area contributed by atoms with Gasteiger partial charge in [0.2, 0.25) is 0 Å². The van der Waals surface area contributed by atoms with Crippen molar-refractivity contribution in [2.24, 2.45) is 5.73 Å². The summed E-state index contributed by atoms with van der Waals surface area (Å²) in [5.41, 5.74) is 6.57. The predicted molar refractivity (Wildman–Crippen MR) is 61.4 cm³/mol. The van der Waals surface area contributed by atoms with Crippen molar-refractivity contribution in [3.05, 3.63) is 34.6 Å². The first-order valence-corrected chi connectivity index (χ1v) is 5.25. The van der Waals surface area contributed by atoms with Gasteiger partial charge in [-0.1, -0.05) is 17.7 Å². The van der Waals surface area contributed by atoms with E-state index in [2.05, 4.69) is 0 Å². The Morgan fingerprint density at radius 2 is 2.20 bits per heavy atom. The average molecular weight is 231 g/mol. The quantitative estimate of drug-likeness (QED) is 0.860. The van der Waals surface area contributed by atoms with Crippen molar-refractivity contribution < 1.29 is 4.39 Å². The van der Waals surface area contributed by atoms with Gasteiger partial charge in [-0.3, -0.25) is 0 Å². The third-order valence-corrected chi connectivity index (χ3v) is 2.34. The molecule has 0 saturated heterocycles. The lowest BCUT2D eigenvalue weighted by atomic mass is 10.2. The van der Waals surface area contributed by atoms with Gasteiger partial charge < -0.3 is 10.6 Å². The molecular weight excluding hydrogens is 215 g/mol. The lowest BCUT2D eigenvalue weighted by Crippen LogP contribution is -2.32. The molecule has 0 aromatic heterocycles. The van der Waals surface area contributed by atoms with Gasteiger partial charge in [0.15, 0.2) is 0 Å². The number of hydrogen-bond donors (Lipinski definition) is 1. The Morgan fingerprint density at radius 1 is 1.53 bits per heavy atom. The molecule has 0 spiro atoms. The van der Waals surface area contributed by atoms with E-state index in [-0.39, 0.29) is 16.9 Å². The zero-order valence-electron chi connectivity index (χ0n) is 9.00. The second-order valence-corrected chi connectivity index (χ2v) is 4.33. The van der Waals surface area contributed by atoms with Crippen LogP contribution in [0.25, 0.3) is 0 Å². The van der Waals surface area contributed by atoms with Gasteiger partial charge in [0.25, 0.3) is 0 Å². The van der Waals surface area contributed by atoms with Crippen LogP contribution in [0, 0.1) is 5.82 Å². The van der Waals surface area contributed by atoms with Crippen LogP contribution in [0.15, 0.2) is 18.2 Å². The minimum Gasteiger partial charge on any atom is -0.327 e. The maximum Gasteiger partial charge on any atom is 0.142 e. The van der Waals surface area contributed by atoms with Crippen LogP contribution in [0.4, 0.5) is 4.39 Å². The maximum absolute atomic E-state index is 13.1. The van der Waals surface area contributed by atoms with Crippen molar-refractivity contribution in [1.82, 2.24) is 4.90 Å². The summed E-state index contributed by atoms with van der Waals surface area (Å²) in [5.74, 6) is -0.372. The highest BCUT2D eigenvalue weighted by atomic mass is 35.5. The molecule has 1 atom stereocenters. The first-order chi connectivity index (χ1) is 6.99. The fourth-order valence-corrected chi connectivity index (χ4v) is 1.62. The highest BCUT2D eigenvalue weighted by Crippen LogP contribution is 2.16. The molecule has 0 amide bonds. The highest BCUT2D eigenvalue weighted by molar-refractivity contribution is 6.30. The smallest absolute Gasteiger partial charge is 0.142 e. The van der Waals surface area contributed by atoms with Crippen LogP contribution in [0.5, 0.6) is 0 Å². The molecule has 0 radical (unpaired) electrons. The first kappa shape index (κ1) is 12.4. The molecule has 0 aliphatic rings. The SMILES string of the molecule is CC(N)CN(C)Cc1ccc(Cl)c(F)c1. The van der Waals surface area contributed by atoms with Crippen molar-refractivity contribution in [2.75, 3.05) is 13.6 Å². The van der Waals surface area contributed by atoms with Gasteiger partial charge in [0.1, 0.15) is 5.82 Å². The van der Waals surface area contributed by atoms with E-state index >= 15 is 0 Å². The summed E-state index contributed by atoms with van der Waals surface area (Å²) in [7, 11) is 1.95. The summed E-state index contributed by atoms with van der Waals surface area (Å²) in [4.78, 5) is 2.05. The Kier molecular flexibility index (Phi) is 4.51. The Hall–Kier alpha value is -0.640. The van der Waals surface area contributed by atoms with E-state index in [9.17, 15) is 4.39 Å². The van der Waals surface area contributed by atoms with Crippen LogP contribution in [0.3, 0.4) is 0 Å². The fraction of sp³-hybridized carbons (Fsp3) is 0.455. The van der Waals surface area contributed by atoms with Crippen LogP contribution in [0.2, 0.25) is 5.02 Å². The molecule has 1 aromatic carbocycles. The number of nitrogens with zero attached hydrogens (tertiary/aromatic N) is 1. The molecule has 15 heavy (non-hydrogen) atoms. The Bertz CT molecular complexity index is 328. The number of nitrogens with two attached hydrogens (primary N) is 1. The van der Waals surface area contributed by atoms with Gasteiger partial charge in [-0.05, 0) is 31.7 Å². The molecule has 0 aliphatic carbocycles. The molecule has 1 unspecified atom stereocenters. The Labute approximate surface area is 94.8 Å². The van der Waals surface area contributed by atoms with E-state index in [1.807, 2.05) is 24.9 Å². The van der Waals surface area contributed by atoms with Crippen LogP contribution in [-0.4, -0.2) is 24.5 Å². The number of benzene rings is 1. The normalized spacial score (nSPS) is 13.2. The third-order valence-electron chi connectivity index (χ3n) is 2.04. The minimum atomic E-state index is -0.372.